The Morgan fingerprint density at radius 3 is 2.74 bits per heavy atom. The second-order valence-corrected chi connectivity index (χ2v) is 7.61. The fourth-order valence-electron chi connectivity index (χ4n) is 3.01. The Kier molecular flexibility index (Phi) is 5.63. The van der Waals surface area contributed by atoms with Gasteiger partial charge in [-0.1, -0.05) is 23.7 Å². The summed E-state index contributed by atoms with van der Waals surface area (Å²) in [5.74, 6) is -0.631. The molecule has 1 heterocycles. The summed E-state index contributed by atoms with van der Waals surface area (Å²) in [5, 5.41) is 3.57. The number of pyridine rings is 1. The van der Waals surface area contributed by atoms with E-state index >= 15 is 0 Å². The van der Waals surface area contributed by atoms with Crippen LogP contribution in [0.1, 0.15) is 43.0 Å². The highest BCUT2D eigenvalue weighted by Crippen LogP contribution is 2.30. The van der Waals surface area contributed by atoms with E-state index in [2.05, 4.69) is 10.3 Å². The average Bonchev–Trinajstić information content (AvgIpc) is 2.51. The summed E-state index contributed by atoms with van der Waals surface area (Å²) < 4.78 is 44.7. The minimum atomic E-state index is -4.43. The zero-order valence-corrected chi connectivity index (χ0v) is 15.5. The summed E-state index contributed by atoms with van der Waals surface area (Å²) in [5.41, 5.74) is -0.863. The van der Waals surface area contributed by atoms with Gasteiger partial charge in [-0.05, 0) is 38.3 Å². The normalized spacial score (nSPS) is 17.4. The highest BCUT2D eigenvalue weighted by Gasteiger charge is 2.41. The number of para-hydroxylation sites is 1. The zero-order valence-electron chi connectivity index (χ0n) is 14.8. The Morgan fingerprint density at radius 1 is 1.37 bits per heavy atom. The van der Waals surface area contributed by atoms with E-state index in [1.807, 2.05) is 0 Å². The van der Waals surface area contributed by atoms with Gasteiger partial charge in [0.25, 0.3) is 5.91 Å². The van der Waals surface area contributed by atoms with Crippen molar-refractivity contribution in [3.63, 3.8) is 0 Å². The third kappa shape index (κ3) is 5.11. The van der Waals surface area contributed by atoms with Crippen LogP contribution in [0.2, 0.25) is 5.02 Å². The quantitative estimate of drug-likeness (QED) is 0.750. The fourth-order valence-corrected chi connectivity index (χ4v) is 3.24. The van der Waals surface area contributed by atoms with Crippen LogP contribution < -0.4 is 5.32 Å². The van der Waals surface area contributed by atoms with Crippen LogP contribution in [-0.4, -0.2) is 35.3 Å². The second-order valence-electron chi connectivity index (χ2n) is 7.21. The Balaban J connectivity index is 1.78. The Hall–Kier alpha value is -1.86. The average molecular weight is 401 g/mol. The number of nitrogens with one attached hydrogen (secondary N) is 1. The van der Waals surface area contributed by atoms with Gasteiger partial charge in [-0.3, -0.25) is 9.78 Å². The van der Waals surface area contributed by atoms with E-state index in [-0.39, 0.29) is 18.3 Å². The van der Waals surface area contributed by atoms with Crippen LogP contribution in [0.4, 0.5) is 13.2 Å². The predicted octanol–water partition coefficient (Wildman–Crippen LogP) is 4.90. The summed E-state index contributed by atoms with van der Waals surface area (Å²) >= 11 is 6.05. The molecule has 0 saturated heterocycles. The van der Waals surface area contributed by atoms with Crippen LogP contribution in [0.5, 0.6) is 0 Å². The van der Waals surface area contributed by atoms with E-state index in [4.69, 9.17) is 16.3 Å². The number of alkyl halides is 3. The molecule has 2 aromatic rings. The maximum atomic E-state index is 13.0. The number of fused-ring (bicyclic) bond motifs is 1. The molecule has 0 aliphatic heterocycles. The van der Waals surface area contributed by atoms with E-state index in [0.717, 1.165) is 19.3 Å². The van der Waals surface area contributed by atoms with Crippen molar-refractivity contribution >= 4 is 28.4 Å². The van der Waals surface area contributed by atoms with Crippen molar-refractivity contribution in [2.24, 2.45) is 0 Å². The smallest absolute Gasteiger partial charge is 0.376 e. The molecule has 1 aromatic carbocycles. The van der Waals surface area contributed by atoms with E-state index in [1.165, 1.54) is 13.1 Å². The van der Waals surface area contributed by atoms with Crippen molar-refractivity contribution in [2.75, 3.05) is 6.61 Å². The molecule has 8 heteroatoms. The highest BCUT2D eigenvalue weighted by atomic mass is 35.5. The number of benzene rings is 1. The number of ether oxygens (including phenoxy) is 1. The fraction of sp³-hybridized carbons (Fsp3) is 0.474. The van der Waals surface area contributed by atoms with Gasteiger partial charge in [-0.2, -0.15) is 13.2 Å². The van der Waals surface area contributed by atoms with Gasteiger partial charge in [0, 0.05) is 11.6 Å². The largest absolute Gasteiger partial charge is 0.391 e. The molecule has 3 rings (SSSR count). The third-order valence-corrected chi connectivity index (χ3v) is 4.92. The Labute approximate surface area is 160 Å². The van der Waals surface area contributed by atoms with Gasteiger partial charge >= 0.3 is 6.18 Å². The second kappa shape index (κ2) is 7.64. The number of halogens is 4. The summed E-state index contributed by atoms with van der Waals surface area (Å²) in [7, 11) is 0. The molecule has 0 spiro atoms. The van der Waals surface area contributed by atoms with E-state index in [0.29, 0.717) is 15.9 Å². The lowest BCUT2D eigenvalue weighted by atomic mass is 9.94. The first-order valence-electron chi connectivity index (χ1n) is 8.70. The molecule has 1 aliphatic rings. The SMILES string of the molecule is CC(COC1CCC1)(CC(F)(F)F)NC(=O)c1cnc2c(Cl)cccc2c1. The molecule has 0 bridgehead atoms. The molecule has 1 N–H and O–H groups in total. The lowest BCUT2D eigenvalue weighted by Crippen LogP contribution is -2.53. The first kappa shape index (κ1) is 19.9. The van der Waals surface area contributed by atoms with Gasteiger partial charge in [0.1, 0.15) is 0 Å². The van der Waals surface area contributed by atoms with Crippen molar-refractivity contribution < 1.29 is 22.7 Å². The van der Waals surface area contributed by atoms with Gasteiger partial charge in [-0.25, -0.2) is 0 Å². The number of nitrogens with zero attached hydrogens (tertiary/aromatic N) is 1. The summed E-state index contributed by atoms with van der Waals surface area (Å²) in [6.45, 7) is 1.15. The molecule has 1 saturated carbocycles. The lowest BCUT2D eigenvalue weighted by Gasteiger charge is -2.35. The van der Waals surface area contributed by atoms with Crippen molar-refractivity contribution in [2.45, 2.75) is 50.4 Å². The summed E-state index contributed by atoms with van der Waals surface area (Å²) in [6, 6.07) is 6.69. The minimum absolute atomic E-state index is 0.0288. The predicted molar refractivity (Wildman–Crippen MR) is 96.9 cm³/mol. The lowest BCUT2D eigenvalue weighted by molar-refractivity contribution is -0.156. The minimum Gasteiger partial charge on any atom is -0.376 e. The number of rotatable bonds is 6. The van der Waals surface area contributed by atoms with E-state index < -0.39 is 24.0 Å². The van der Waals surface area contributed by atoms with Crippen LogP contribution in [0, 0.1) is 0 Å². The third-order valence-electron chi connectivity index (χ3n) is 4.62. The standard InChI is InChI=1S/C19H20ClF3N2O2/c1-18(10-19(21,22)23,11-27-14-5-3-6-14)25-17(26)13-8-12-4-2-7-15(20)16(12)24-9-13/h2,4,7-9,14H,3,5-6,10-11H2,1H3,(H,25,26). The van der Waals surface area contributed by atoms with Crippen LogP contribution >= 0.6 is 11.6 Å². The van der Waals surface area contributed by atoms with Gasteiger partial charge in [0.2, 0.25) is 0 Å². The van der Waals surface area contributed by atoms with Crippen LogP contribution in [0.3, 0.4) is 0 Å². The van der Waals surface area contributed by atoms with E-state index in [9.17, 15) is 18.0 Å². The summed E-state index contributed by atoms with van der Waals surface area (Å²) in [6.07, 6.45) is -1.63. The monoisotopic (exact) mass is 400 g/mol. The molecular formula is C19H20ClF3N2O2. The Morgan fingerprint density at radius 2 is 2.11 bits per heavy atom. The number of carbonyl (C=O) groups excluding carboxylic acids is 1. The first-order valence-corrected chi connectivity index (χ1v) is 9.08. The van der Waals surface area contributed by atoms with Crippen LogP contribution in [0.15, 0.2) is 30.5 Å². The van der Waals surface area contributed by atoms with Crippen molar-refractivity contribution in [3.8, 4) is 0 Å². The number of hydrogen-bond acceptors (Lipinski definition) is 3. The molecule has 4 nitrogen and oxygen atoms in total. The van der Waals surface area contributed by atoms with E-state index in [1.54, 1.807) is 24.3 Å². The molecule has 0 radical (unpaired) electrons. The molecule has 1 atom stereocenters. The maximum absolute atomic E-state index is 13.0. The van der Waals surface area contributed by atoms with Crippen molar-refractivity contribution in [1.82, 2.24) is 10.3 Å². The van der Waals surface area contributed by atoms with Gasteiger partial charge in [0.05, 0.1) is 40.8 Å². The topological polar surface area (TPSA) is 51.2 Å². The first-order chi connectivity index (χ1) is 12.7. The maximum Gasteiger partial charge on any atom is 0.391 e. The molecular weight excluding hydrogens is 381 g/mol. The number of hydrogen-bond donors (Lipinski definition) is 1. The van der Waals surface area contributed by atoms with Gasteiger partial charge in [0.15, 0.2) is 0 Å². The Bertz CT molecular complexity index is 839. The highest BCUT2D eigenvalue weighted by molar-refractivity contribution is 6.35. The molecule has 1 amide bonds. The van der Waals surface area contributed by atoms with Gasteiger partial charge in [-0.15, -0.1) is 0 Å². The molecule has 1 aromatic heterocycles. The molecule has 1 fully saturated rings. The number of amides is 1. The molecule has 1 unspecified atom stereocenters. The molecule has 1 aliphatic carbocycles. The molecule has 27 heavy (non-hydrogen) atoms. The van der Waals surface area contributed by atoms with Crippen LogP contribution in [-0.2, 0) is 4.74 Å². The van der Waals surface area contributed by atoms with Crippen molar-refractivity contribution in [1.29, 1.82) is 0 Å². The number of aromatic nitrogens is 1. The summed E-state index contributed by atoms with van der Waals surface area (Å²) in [4.78, 5) is 16.8. The van der Waals surface area contributed by atoms with Crippen LogP contribution in [0.25, 0.3) is 10.9 Å². The van der Waals surface area contributed by atoms with Crippen molar-refractivity contribution in [3.05, 3.63) is 41.0 Å². The zero-order chi connectivity index (χ0) is 19.7. The van der Waals surface area contributed by atoms with Gasteiger partial charge < -0.3 is 10.1 Å². The molecule has 146 valence electrons. The number of carbonyl (C=O) groups is 1.